The second kappa shape index (κ2) is 5.93. The Kier molecular flexibility index (Phi) is 4.45. The Morgan fingerprint density at radius 3 is 2.75 bits per heavy atom. The molecule has 0 bridgehead atoms. The Morgan fingerprint density at radius 2 is 2.15 bits per heavy atom. The van der Waals surface area contributed by atoms with Crippen LogP contribution in [0.15, 0.2) is 22.7 Å². The highest BCUT2D eigenvalue weighted by Gasteiger charge is 2.39. The van der Waals surface area contributed by atoms with Crippen LogP contribution in [0.1, 0.15) is 22.3 Å². The largest absolute Gasteiger partial charge is 0.380 e. The highest BCUT2D eigenvalue weighted by atomic mass is 79.9. The van der Waals surface area contributed by atoms with E-state index < -0.39 is 11.9 Å². The van der Waals surface area contributed by atoms with Crippen molar-refractivity contribution in [2.75, 3.05) is 13.7 Å². The van der Waals surface area contributed by atoms with E-state index in [1.807, 2.05) is 19.1 Å². The summed E-state index contributed by atoms with van der Waals surface area (Å²) in [4.78, 5) is 25.6. The van der Waals surface area contributed by atoms with Gasteiger partial charge in [-0.05, 0) is 35.0 Å². The van der Waals surface area contributed by atoms with Crippen LogP contribution in [0.4, 0.5) is 0 Å². The predicted molar refractivity (Wildman–Crippen MR) is 78.3 cm³/mol. The number of primary amides is 1. The molecular weight excluding hydrogens is 324 g/mol. The van der Waals surface area contributed by atoms with Crippen molar-refractivity contribution in [2.45, 2.75) is 25.5 Å². The number of ether oxygens (including phenoxy) is 1. The van der Waals surface area contributed by atoms with Gasteiger partial charge in [0, 0.05) is 24.5 Å². The Labute approximate surface area is 126 Å². The maximum atomic E-state index is 12.6. The average molecular weight is 341 g/mol. The second-order valence-electron chi connectivity index (χ2n) is 4.95. The third-order valence-electron chi connectivity index (χ3n) is 3.54. The first-order valence-electron chi connectivity index (χ1n) is 6.33. The first-order chi connectivity index (χ1) is 9.43. The lowest BCUT2D eigenvalue weighted by atomic mass is 10.1. The Morgan fingerprint density at radius 1 is 1.45 bits per heavy atom. The van der Waals surface area contributed by atoms with Gasteiger partial charge in [0.05, 0.1) is 11.7 Å². The lowest BCUT2D eigenvalue weighted by Crippen LogP contribution is -2.43. The van der Waals surface area contributed by atoms with Crippen LogP contribution in [0, 0.1) is 6.92 Å². The van der Waals surface area contributed by atoms with Crippen molar-refractivity contribution in [1.82, 2.24) is 4.90 Å². The van der Waals surface area contributed by atoms with Gasteiger partial charge in [-0.1, -0.05) is 11.6 Å². The molecule has 0 aliphatic carbocycles. The summed E-state index contributed by atoms with van der Waals surface area (Å²) in [5, 5.41) is 0. The lowest BCUT2D eigenvalue weighted by Gasteiger charge is -2.22. The molecule has 6 heteroatoms. The van der Waals surface area contributed by atoms with Crippen LogP contribution in [0.5, 0.6) is 0 Å². The molecule has 1 heterocycles. The van der Waals surface area contributed by atoms with Gasteiger partial charge in [0.2, 0.25) is 5.91 Å². The highest BCUT2D eigenvalue weighted by Crippen LogP contribution is 2.26. The van der Waals surface area contributed by atoms with Crippen LogP contribution in [0.3, 0.4) is 0 Å². The maximum absolute atomic E-state index is 12.6. The minimum absolute atomic E-state index is 0.153. The molecule has 1 fully saturated rings. The first kappa shape index (κ1) is 15.0. The van der Waals surface area contributed by atoms with E-state index in [-0.39, 0.29) is 12.0 Å². The number of hydrogen-bond donors (Lipinski definition) is 1. The molecule has 2 rings (SSSR count). The summed E-state index contributed by atoms with van der Waals surface area (Å²) < 4.78 is 5.95. The monoisotopic (exact) mass is 340 g/mol. The third kappa shape index (κ3) is 2.86. The van der Waals surface area contributed by atoms with E-state index >= 15 is 0 Å². The van der Waals surface area contributed by atoms with Crippen molar-refractivity contribution >= 4 is 27.7 Å². The average Bonchev–Trinajstić information content (AvgIpc) is 2.85. The van der Waals surface area contributed by atoms with E-state index in [4.69, 9.17) is 10.5 Å². The van der Waals surface area contributed by atoms with Gasteiger partial charge in [-0.25, -0.2) is 0 Å². The maximum Gasteiger partial charge on any atom is 0.255 e. The number of halogens is 1. The summed E-state index contributed by atoms with van der Waals surface area (Å²) >= 11 is 3.37. The van der Waals surface area contributed by atoms with Gasteiger partial charge < -0.3 is 15.4 Å². The number of amides is 2. The molecule has 108 valence electrons. The molecule has 1 aliphatic heterocycles. The molecular formula is C14H17BrN2O3. The predicted octanol–water partition coefficient (Wildman–Crippen LogP) is 1.47. The van der Waals surface area contributed by atoms with E-state index in [0.29, 0.717) is 23.0 Å². The highest BCUT2D eigenvalue weighted by molar-refractivity contribution is 9.10. The van der Waals surface area contributed by atoms with Gasteiger partial charge in [-0.15, -0.1) is 0 Å². The zero-order chi connectivity index (χ0) is 14.9. The zero-order valence-corrected chi connectivity index (χ0v) is 13.0. The summed E-state index contributed by atoms with van der Waals surface area (Å²) in [5.74, 6) is -0.703. The molecule has 20 heavy (non-hydrogen) atoms. The summed E-state index contributed by atoms with van der Waals surface area (Å²) in [6, 6.07) is 4.92. The van der Waals surface area contributed by atoms with Crippen molar-refractivity contribution < 1.29 is 14.3 Å². The number of nitrogens with two attached hydrogens (primary N) is 1. The second-order valence-corrected chi connectivity index (χ2v) is 5.81. The Bertz CT molecular complexity index is 547. The number of carbonyl (C=O) groups is 2. The summed E-state index contributed by atoms with van der Waals surface area (Å²) in [7, 11) is 1.57. The number of methoxy groups -OCH3 is 1. The number of hydrogen-bond acceptors (Lipinski definition) is 3. The van der Waals surface area contributed by atoms with Gasteiger partial charge in [0.15, 0.2) is 0 Å². The molecule has 0 unspecified atom stereocenters. The van der Waals surface area contributed by atoms with E-state index in [0.717, 1.165) is 5.56 Å². The smallest absolute Gasteiger partial charge is 0.255 e. The summed E-state index contributed by atoms with van der Waals surface area (Å²) in [6.45, 7) is 2.29. The van der Waals surface area contributed by atoms with E-state index in [9.17, 15) is 9.59 Å². The van der Waals surface area contributed by atoms with E-state index in [1.54, 1.807) is 13.2 Å². The van der Waals surface area contributed by atoms with Gasteiger partial charge in [0.25, 0.3) is 5.91 Å². The molecule has 2 atom stereocenters. The number of benzene rings is 1. The van der Waals surface area contributed by atoms with Crippen LogP contribution in [-0.4, -0.2) is 42.5 Å². The molecule has 0 aromatic heterocycles. The number of rotatable bonds is 3. The molecule has 1 saturated heterocycles. The fourth-order valence-electron chi connectivity index (χ4n) is 2.42. The van der Waals surface area contributed by atoms with E-state index in [2.05, 4.69) is 15.9 Å². The van der Waals surface area contributed by atoms with Crippen molar-refractivity contribution in [2.24, 2.45) is 5.73 Å². The molecule has 2 N–H and O–H groups in total. The number of aryl methyl sites for hydroxylation is 1. The molecule has 2 amide bonds. The zero-order valence-electron chi connectivity index (χ0n) is 11.4. The molecule has 0 radical (unpaired) electrons. The van der Waals surface area contributed by atoms with Crippen molar-refractivity contribution in [3.8, 4) is 0 Å². The number of likely N-dealkylation sites (tertiary alicyclic amines) is 1. The number of nitrogens with zero attached hydrogens (tertiary/aromatic N) is 1. The van der Waals surface area contributed by atoms with E-state index in [1.165, 1.54) is 4.90 Å². The summed E-state index contributed by atoms with van der Waals surface area (Å²) in [5.41, 5.74) is 6.91. The SMILES string of the molecule is CO[C@H]1C[C@@H](C(N)=O)N(C(=O)c2cc(C)ccc2Br)C1. The van der Waals surface area contributed by atoms with Crippen molar-refractivity contribution in [3.05, 3.63) is 33.8 Å². The summed E-state index contributed by atoms with van der Waals surface area (Å²) in [6.07, 6.45) is 0.293. The Balaban J connectivity index is 2.31. The normalized spacial score (nSPS) is 22.1. The van der Waals surface area contributed by atoms with Gasteiger partial charge in [-0.2, -0.15) is 0 Å². The Hall–Kier alpha value is -1.40. The van der Waals surface area contributed by atoms with Crippen LogP contribution < -0.4 is 5.73 Å². The fourth-order valence-corrected chi connectivity index (χ4v) is 2.84. The quantitative estimate of drug-likeness (QED) is 0.905. The first-order valence-corrected chi connectivity index (χ1v) is 7.12. The lowest BCUT2D eigenvalue weighted by molar-refractivity contribution is -0.121. The van der Waals surface area contributed by atoms with Gasteiger partial charge in [-0.3, -0.25) is 9.59 Å². The molecule has 0 spiro atoms. The minimum atomic E-state index is -0.611. The topological polar surface area (TPSA) is 72.6 Å². The van der Waals surface area contributed by atoms with Crippen LogP contribution in [-0.2, 0) is 9.53 Å². The number of carbonyl (C=O) groups excluding carboxylic acids is 2. The molecule has 1 aromatic rings. The standard InChI is InChI=1S/C14H17BrN2O3/c1-8-3-4-11(15)10(5-8)14(19)17-7-9(20-2)6-12(17)13(16)18/h3-5,9,12H,6-7H2,1-2H3,(H2,16,18)/t9-,12-/m0/s1. The molecule has 5 nitrogen and oxygen atoms in total. The molecule has 1 aromatic carbocycles. The molecule has 0 saturated carbocycles. The van der Waals surface area contributed by atoms with Gasteiger partial charge >= 0.3 is 0 Å². The van der Waals surface area contributed by atoms with Crippen molar-refractivity contribution in [1.29, 1.82) is 0 Å². The van der Waals surface area contributed by atoms with Crippen LogP contribution in [0.25, 0.3) is 0 Å². The fraction of sp³-hybridized carbons (Fsp3) is 0.429. The van der Waals surface area contributed by atoms with Gasteiger partial charge in [0.1, 0.15) is 6.04 Å². The van der Waals surface area contributed by atoms with Crippen LogP contribution >= 0.6 is 15.9 Å². The third-order valence-corrected chi connectivity index (χ3v) is 4.23. The van der Waals surface area contributed by atoms with Crippen LogP contribution in [0.2, 0.25) is 0 Å². The molecule has 1 aliphatic rings. The van der Waals surface area contributed by atoms with Crippen molar-refractivity contribution in [3.63, 3.8) is 0 Å². The minimum Gasteiger partial charge on any atom is -0.380 e.